The molecule has 1 aliphatic heterocycles. The topological polar surface area (TPSA) is 71.0 Å². The molecule has 4 aromatic carbocycles. The predicted molar refractivity (Wildman–Crippen MR) is 141 cm³/mol. The summed E-state index contributed by atoms with van der Waals surface area (Å²) in [7, 11) is 1.70. The van der Waals surface area contributed by atoms with E-state index in [2.05, 4.69) is 5.32 Å². The molecule has 1 aliphatic rings. The van der Waals surface area contributed by atoms with Crippen LogP contribution in [0.1, 0.15) is 16.7 Å². The van der Waals surface area contributed by atoms with Crippen LogP contribution in [-0.2, 0) is 16.0 Å². The van der Waals surface area contributed by atoms with E-state index in [1.165, 1.54) is 0 Å². The highest BCUT2D eigenvalue weighted by Gasteiger charge is 2.30. The molecule has 6 heteroatoms. The fraction of sp³-hybridized carbons (Fsp3) is 0.100. The fourth-order valence-corrected chi connectivity index (χ4v) is 4.13. The molecular formula is C30H25N3O3. The Morgan fingerprint density at radius 3 is 2.17 bits per heavy atom. The Morgan fingerprint density at radius 2 is 1.44 bits per heavy atom. The highest BCUT2D eigenvalue weighted by atomic mass is 16.5. The number of likely N-dealkylation sites (N-methyl/N-ethyl adjacent to an activating group) is 1. The molecule has 0 radical (unpaired) electrons. The number of para-hydroxylation sites is 2. The van der Waals surface area contributed by atoms with Crippen molar-refractivity contribution in [1.29, 1.82) is 0 Å². The Hall–Kier alpha value is -4.71. The molecular weight excluding hydrogens is 450 g/mol. The summed E-state index contributed by atoms with van der Waals surface area (Å²) in [5.41, 5.74) is 3.93. The molecule has 6 nitrogen and oxygen atoms in total. The molecule has 0 aromatic heterocycles. The average molecular weight is 476 g/mol. The first kappa shape index (κ1) is 23.1. The Balaban J connectivity index is 1.34. The molecule has 0 unspecified atom stereocenters. The van der Waals surface area contributed by atoms with Gasteiger partial charge in [-0.25, -0.2) is 4.99 Å². The Bertz CT molecular complexity index is 1400. The SMILES string of the molecule is CN1C(=O)[C@@H](NC(=O)Cc2ccc(Oc3ccccc3)cc2)N=C(c2ccccc2)c2ccccc21. The van der Waals surface area contributed by atoms with Crippen LogP contribution in [0, 0.1) is 0 Å². The Labute approximate surface area is 209 Å². The van der Waals surface area contributed by atoms with Gasteiger partial charge in [-0.2, -0.15) is 0 Å². The first-order chi connectivity index (χ1) is 17.6. The monoisotopic (exact) mass is 475 g/mol. The van der Waals surface area contributed by atoms with Gasteiger partial charge in [0.15, 0.2) is 0 Å². The van der Waals surface area contributed by atoms with Gasteiger partial charge in [-0.1, -0.05) is 78.9 Å². The van der Waals surface area contributed by atoms with Crippen molar-refractivity contribution in [1.82, 2.24) is 5.32 Å². The van der Waals surface area contributed by atoms with Crippen molar-refractivity contribution in [3.8, 4) is 11.5 Å². The van der Waals surface area contributed by atoms with E-state index >= 15 is 0 Å². The number of aliphatic imine (C=N–C) groups is 1. The largest absolute Gasteiger partial charge is 0.457 e. The highest BCUT2D eigenvalue weighted by Crippen LogP contribution is 2.27. The third-order valence-corrected chi connectivity index (χ3v) is 5.96. The molecule has 2 amide bonds. The zero-order valence-electron chi connectivity index (χ0n) is 19.8. The minimum absolute atomic E-state index is 0.113. The minimum Gasteiger partial charge on any atom is -0.457 e. The molecule has 1 atom stereocenters. The van der Waals surface area contributed by atoms with Gasteiger partial charge >= 0.3 is 0 Å². The van der Waals surface area contributed by atoms with Crippen molar-refractivity contribution in [3.63, 3.8) is 0 Å². The van der Waals surface area contributed by atoms with Crippen molar-refractivity contribution < 1.29 is 14.3 Å². The lowest BCUT2D eigenvalue weighted by Crippen LogP contribution is -2.46. The second kappa shape index (κ2) is 10.3. The molecule has 0 bridgehead atoms. The summed E-state index contributed by atoms with van der Waals surface area (Å²) >= 11 is 0. The summed E-state index contributed by atoms with van der Waals surface area (Å²) in [6, 6.07) is 34.1. The van der Waals surface area contributed by atoms with Gasteiger partial charge in [-0.05, 0) is 35.9 Å². The van der Waals surface area contributed by atoms with Gasteiger partial charge < -0.3 is 15.0 Å². The summed E-state index contributed by atoms with van der Waals surface area (Å²) in [6.45, 7) is 0. The second-order valence-electron chi connectivity index (χ2n) is 8.46. The number of benzodiazepines with no additional fused rings is 1. The predicted octanol–water partition coefficient (Wildman–Crippen LogP) is 4.98. The lowest BCUT2D eigenvalue weighted by Gasteiger charge is -2.20. The van der Waals surface area contributed by atoms with Gasteiger partial charge in [0.1, 0.15) is 11.5 Å². The van der Waals surface area contributed by atoms with Gasteiger partial charge in [0.25, 0.3) is 5.91 Å². The van der Waals surface area contributed by atoms with Gasteiger partial charge in [0, 0.05) is 18.2 Å². The second-order valence-corrected chi connectivity index (χ2v) is 8.46. The summed E-state index contributed by atoms with van der Waals surface area (Å²) < 4.78 is 5.82. The van der Waals surface area contributed by atoms with Gasteiger partial charge in [-0.3, -0.25) is 9.59 Å². The normalized spacial score (nSPS) is 14.9. The maximum atomic E-state index is 13.3. The number of ether oxygens (including phenoxy) is 1. The molecule has 0 aliphatic carbocycles. The summed E-state index contributed by atoms with van der Waals surface area (Å²) in [4.78, 5) is 32.5. The smallest absolute Gasteiger partial charge is 0.272 e. The van der Waals surface area contributed by atoms with Crippen molar-refractivity contribution in [2.24, 2.45) is 4.99 Å². The molecule has 4 aromatic rings. The molecule has 0 fully saturated rings. The van der Waals surface area contributed by atoms with Gasteiger partial charge in [-0.15, -0.1) is 0 Å². The van der Waals surface area contributed by atoms with E-state index in [4.69, 9.17) is 9.73 Å². The number of hydrogen-bond acceptors (Lipinski definition) is 4. The molecule has 0 saturated carbocycles. The molecule has 1 heterocycles. The van der Waals surface area contributed by atoms with Crippen LogP contribution in [0.5, 0.6) is 11.5 Å². The van der Waals surface area contributed by atoms with Crippen LogP contribution in [0.15, 0.2) is 114 Å². The molecule has 5 rings (SSSR count). The zero-order valence-corrected chi connectivity index (χ0v) is 19.8. The van der Waals surface area contributed by atoms with Crippen LogP contribution in [0.3, 0.4) is 0 Å². The van der Waals surface area contributed by atoms with Crippen LogP contribution in [0.25, 0.3) is 0 Å². The van der Waals surface area contributed by atoms with E-state index in [-0.39, 0.29) is 18.2 Å². The minimum atomic E-state index is -1.04. The van der Waals surface area contributed by atoms with Crippen LogP contribution >= 0.6 is 0 Å². The number of rotatable bonds is 6. The zero-order chi connectivity index (χ0) is 24.9. The van der Waals surface area contributed by atoms with E-state index in [0.717, 1.165) is 28.1 Å². The highest BCUT2D eigenvalue weighted by molar-refractivity contribution is 6.20. The van der Waals surface area contributed by atoms with Crippen molar-refractivity contribution >= 4 is 23.2 Å². The number of anilines is 1. The van der Waals surface area contributed by atoms with E-state index in [9.17, 15) is 9.59 Å². The number of hydrogen-bond donors (Lipinski definition) is 1. The first-order valence-corrected chi connectivity index (χ1v) is 11.7. The molecule has 178 valence electrons. The van der Waals surface area contributed by atoms with E-state index in [1.807, 2.05) is 109 Å². The molecule has 0 saturated heterocycles. The number of fused-ring (bicyclic) bond motifs is 1. The number of amides is 2. The number of carbonyl (C=O) groups excluding carboxylic acids is 2. The number of nitrogens with one attached hydrogen (secondary N) is 1. The van der Waals surface area contributed by atoms with E-state index in [1.54, 1.807) is 11.9 Å². The van der Waals surface area contributed by atoms with Gasteiger partial charge in [0.2, 0.25) is 12.1 Å². The van der Waals surface area contributed by atoms with Crippen LogP contribution in [-0.4, -0.2) is 30.7 Å². The summed E-state index contributed by atoms with van der Waals surface area (Å²) in [6.07, 6.45) is -0.923. The molecule has 36 heavy (non-hydrogen) atoms. The summed E-state index contributed by atoms with van der Waals surface area (Å²) in [5.74, 6) is 0.835. The Kier molecular flexibility index (Phi) is 6.58. The standard InChI is InChI=1S/C30H25N3O3/c1-33-26-15-9-8-14-25(26)28(22-10-4-2-5-11-22)32-29(30(33)35)31-27(34)20-21-16-18-24(19-17-21)36-23-12-6-3-7-13-23/h2-19,29H,20H2,1H3,(H,31,34)/t29-/m0/s1. The average Bonchev–Trinajstić information content (AvgIpc) is 3.01. The molecule has 1 N–H and O–H groups in total. The van der Waals surface area contributed by atoms with Crippen molar-refractivity contribution in [3.05, 3.63) is 126 Å². The third-order valence-electron chi connectivity index (χ3n) is 5.96. The first-order valence-electron chi connectivity index (χ1n) is 11.7. The molecule has 0 spiro atoms. The van der Waals surface area contributed by atoms with Crippen molar-refractivity contribution in [2.45, 2.75) is 12.6 Å². The lowest BCUT2D eigenvalue weighted by atomic mass is 10.0. The van der Waals surface area contributed by atoms with Crippen LogP contribution < -0.4 is 15.0 Å². The van der Waals surface area contributed by atoms with E-state index in [0.29, 0.717) is 11.5 Å². The quantitative estimate of drug-likeness (QED) is 0.428. The maximum absolute atomic E-state index is 13.3. The van der Waals surface area contributed by atoms with Gasteiger partial charge in [0.05, 0.1) is 17.8 Å². The van der Waals surface area contributed by atoms with Crippen LogP contribution in [0.4, 0.5) is 5.69 Å². The fourth-order valence-electron chi connectivity index (χ4n) is 4.13. The third kappa shape index (κ3) is 5.03. The number of carbonyl (C=O) groups is 2. The number of benzene rings is 4. The number of nitrogens with zero attached hydrogens (tertiary/aromatic N) is 2. The van der Waals surface area contributed by atoms with Crippen LogP contribution in [0.2, 0.25) is 0 Å². The Morgan fingerprint density at radius 1 is 0.833 bits per heavy atom. The summed E-state index contributed by atoms with van der Waals surface area (Å²) in [5, 5.41) is 2.83. The lowest BCUT2D eigenvalue weighted by molar-refractivity contribution is -0.126. The maximum Gasteiger partial charge on any atom is 0.272 e. The van der Waals surface area contributed by atoms with E-state index < -0.39 is 6.17 Å². The van der Waals surface area contributed by atoms with Crippen molar-refractivity contribution in [2.75, 3.05) is 11.9 Å².